The Bertz CT molecular complexity index is 687. The molecule has 0 N–H and O–H groups in total. The minimum atomic E-state index is 0.245. The van der Waals surface area contributed by atoms with Crippen LogP contribution >= 0.6 is 11.3 Å². The van der Waals surface area contributed by atoms with Crippen LogP contribution in [0, 0.1) is 5.92 Å². The lowest BCUT2D eigenvalue weighted by atomic mass is 10.1. The molecule has 116 valence electrons. The van der Waals surface area contributed by atoms with E-state index < -0.39 is 0 Å². The standard InChI is InChI=1S/C18H21NO2S/c1-12-10-15(12)16-4-2-14(21-16)3-5-18(20)19-8-6-17-13(11-19)7-9-22-17/h2,4,7,9,12,15H,3,5-6,8,10-11H2,1H3/t12-,15-/m0/s1. The molecule has 1 saturated carbocycles. The molecule has 3 heterocycles. The number of hydrogen-bond acceptors (Lipinski definition) is 3. The Morgan fingerprint density at radius 2 is 2.27 bits per heavy atom. The number of aryl methyl sites for hydroxylation is 1. The molecule has 2 aromatic rings. The van der Waals surface area contributed by atoms with Crippen LogP contribution in [0.15, 0.2) is 28.0 Å². The van der Waals surface area contributed by atoms with Gasteiger partial charge in [-0.2, -0.15) is 0 Å². The summed E-state index contributed by atoms with van der Waals surface area (Å²) in [5.41, 5.74) is 1.33. The maximum Gasteiger partial charge on any atom is 0.223 e. The first-order chi connectivity index (χ1) is 10.7. The number of fused-ring (bicyclic) bond motifs is 1. The molecular weight excluding hydrogens is 294 g/mol. The largest absolute Gasteiger partial charge is 0.466 e. The first-order valence-electron chi connectivity index (χ1n) is 8.12. The lowest BCUT2D eigenvalue weighted by Crippen LogP contribution is -2.35. The molecule has 2 aromatic heterocycles. The Kier molecular flexibility index (Phi) is 3.57. The van der Waals surface area contributed by atoms with E-state index >= 15 is 0 Å². The molecule has 0 bridgehead atoms. The highest BCUT2D eigenvalue weighted by Gasteiger charge is 2.36. The highest BCUT2D eigenvalue weighted by molar-refractivity contribution is 7.10. The van der Waals surface area contributed by atoms with Gasteiger partial charge >= 0.3 is 0 Å². The van der Waals surface area contributed by atoms with Crippen molar-refractivity contribution in [3.05, 3.63) is 45.5 Å². The summed E-state index contributed by atoms with van der Waals surface area (Å²) in [4.78, 5) is 15.8. The maximum atomic E-state index is 12.4. The molecule has 2 atom stereocenters. The van der Waals surface area contributed by atoms with Gasteiger partial charge in [0, 0.05) is 36.7 Å². The Balaban J connectivity index is 1.32. The quantitative estimate of drug-likeness (QED) is 0.855. The van der Waals surface area contributed by atoms with Crippen molar-refractivity contribution < 1.29 is 9.21 Å². The van der Waals surface area contributed by atoms with Crippen LogP contribution in [-0.2, 0) is 24.2 Å². The van der Waals surface area contributed by atoms with Gasteiger partial charge in [-0.3, -0.25) is 4.79 Å². The first kappa shape index (κ1) is 14.1. The van der Waals surface area contributed by atoms with Crippen LogP contribution in [-0.4, -0.2) is 17.4 Å². The lowest BCUT2D eigenvalue weighted by molar-refractivity contribution is -0.132. The lowest BCUT2D eigenvalue weighted by Gasteiger charge is -2.27. The van der Waals surface area contributed by atoms with Crippen molar-refractivity contribution in [2.75, 3.05) is 6.54 Å². The van der Waals surface area contributed by atoms with E-state index in [1.807, 2.05) is 22.3 Å². The molecule has 3 nitrogen and oxygen atoms in total. The summed E-state index contributed by atoms with van der Waals surface area (Å²) in [6.45, 7) is 3.89. The van der Waals surface area contributed by atoms with Crippen LogP contribution in [0.25, 0.3) is 0 Å². The molecule has 1 aliphatic heterocycles. The fraction of sp³-hybridized carbons (Fsp3) is 0.500. The van der Waals surface area contributed by atoms with Gasteiger partial charge in [0.15, 0.2) is 0 Å². The molecule has 1 aliphatic carbocycles. The van der Waals surface area contributed by atoms with Crippen molar-refractivity contribution in [3.63, 3.8) is 0 Å². The Hall–Kier alpha value is -1.55. The summed E-state index contributed by atoms with van der Waals surface area (Å²) < 4.78 is 5.89. The van der Waals surface area contributed by atoms with Gasteiger partial charge in [-0.15, -0.1) is 11.3 Å². The highest BCUT2D eigenvalue weighted by atomic mass is 32.1. The van der Waals surface area contributed by atoms with Gasteiger partial charge in [0.2, 0.25) is 5.91 Å². The van der Waals surface area contributed by atoms with Gasteiger partial charge in [0.1, 0.15) is 11.5 Å². The van der Waals surface area contributed by atoms with Crippen molar-refractivity contribution in [1.82, 2.24) is 4.90 Å². The maximum absolute atomic E-state index is 12.4. The van der Waals surface area contributed by atoms with E-state index in [1.54, 1.807) is 0 Å². The van der Waals surface area contributed by atoms with Gasteiger partial charge in [0.25, 0.3) is 0 Å². The van der Waals surface area contributed by atoms with Crippen LogP contribution in [0.5, 0.6) is 0 Å². The molecule has 2 aliphatic rings. The topological polar surface area (TPSA) is 33.5 Å². The molecule has 4 rings (SSSR count). The van der Waals surface area contributed by atoms with Crippen molar-refractivity contribution in [2.45, 2.75) is 45.1 Å². The summed E-state index contributed by atoms with van der Waals surface area (Å²) in [6.07, 6.45) is 3.51. The smallest absolute Gasteiger partial charge is 0.223 e. The van der Waals surface area contributed by atoms with Crippen LogP contribution in [0.1, 0.15) is 47.6 Å². The molecule has 0 spiro atoms. The number of amides is 1. The number of carbonyl (C=O) groups is 1. The van der Waals surface area contributed by atoms with Crippen LogP contribution < -0.4 is 0 Å². The van der Waals surface area contributed by atoms with Gasteiger partial charge < -0.3 is 9.32 Å². The van der Waals surface area contributed by atoms with Crippen LogP contribution in [0.3, 0.4) is 0 Å². The van der Waals surface area contributed by atoms with E-state index in [4.69, 9.17) is 4.42 Å². The monoisotopic (exact) mass is 315 g/mol. The van der Waals surface area contributed by atoms with Gasteiger partial charge in [-0.05, 0) is 47.9 Å². The predicted octanol–water partition coefficient (Wildman–Crippen LogP) is 3.98. The minimum absolute atomic E-state index is 0.245. The number of hydrogen-bond donors (Lipinski definition) is 0. The van der Waals surface area contributed by atoms with E-state index in [-0.39, 0.29) is 5.91 Å². The molecular formula is C18H21NO2S. The SMILES string of the molecule is C[C@H]1C[C@@H]1c1ccc(CCC(=O)N2CCc3sccc3C2)o1. The van der Waals surface area contributed by atoms with E-state index in [9.17, 15) is 4.79 Å². The molecule has 0 saturated heterocycles. The third kappa shape index (κ3) is 2.72. The van der Waals surface area contributed by atoms with E-state index in [2.05, 4.69) is 24.4 Å². The number of furan rings is 1. The minimum Gasteiger partial charge on any atom is -0.466 e. The van der Waals surface area contributed by atoms with Crippen molar-refractivity contribution in [2.24, 2.45) is 5.92 Å². The van der Waals surface area contributed by atoms with Gasteiger partial charge in [0.05, 0.1) is 0 Å². The molecule has 1 amide bonds. The predicted molar refractivity (Wildman–Crippen MR) is 87.0 cm³/mol. The molecule has 1 fully saturated rings. The van der Waals surface area contributed by atoms with E-state index in [0.29, 0.717) is 18.8 Å². The fourth-order valence-corrected chi connectivity index (χ4v) is 4.19. The van der Waals surface area contributed by atoms with E-state index in [0.717, 1.165) is 36.9 Å². The molecule has 0 radical (unpaired) electrons. The average molecular weight is 315 g/mol. The third-order valence-electron chi connectivity index (χ3n) is 4.90. The van der Waals surface area contributed by atoms with Gasteiger partial charge in [-0.1, -0.05) is 6.92 Å². The Labute approximate surface area is 134 Å². The van der Waals surface area contributed by atoms with Crippen LogP contribution in [0.4, 0.5) is 0 Å². The second-order valence-corrected chi connectivity index (χ2v) is 7.56. The molecule has 0 aromatic carbocycles. The fourth-order valence-electron chi connectivity index (χ4n) is 3.30. The summed E-state index contributed by atoms with van der Waals surface area (Å²) in [5, 5.41) is 2.13. The zero-order chi connectivity index (χ0) is 15.1. The summed E-state index contributed by atoms with van der Waals surface area (Å²) in [7, 11) is 0. The summed E-state index contributed by atoms with van der Waals surface area (Å²) >= 11 is 1.81. The van der Waals surface area contributed by atoms with Gasteiger partial charge in [-0.25, -0.2) is 0 Å². The Morgan fingerprint density at radius 1 is 1.41 bits per heavy atom. The number of thiophene rings is 1. The number of rotatable bonds is 4. The van der Waals surface area contributed by atoms with Crippen molar-refractivity contribution >= 4 is 17.2 Å². The first-order valence-corrected chi connectivity index (χ1v) is 9.00. The normalized spacial score (nSPS) is 23.4. The van der Waals surface area contributed by atoms with Crippen molar-refractivity contribution in [1.29, 1.82) is 0 Å². The zero-order valence-electron chi connectivity index (χ0n) is 12.9. The average Bonchev–Trinajstić information content (AvgIpc) is 2.97. The third-order valence-corrected chi connectivity index (χ3v) is 5.93. The molecule has 4 heteroatoms. The van der Waals surface area contributed by atoms with E-state index in [1.165, 1.54) is 16.9 Å². The highest BCUT2D eigenvalue weighted by Crippen LogP contribution is 2.47. The summed E-state index contributed by atoms with van der Waals surface area (Å²) in [5.74, 6) is 3.68. The number of nitrogens with zero attached hydrogens (tertiary/aromatic N) is 1. The summed E-state index contributed by atoms with van der Waals surface area (Å²) in [6, 6.07) is 6.28. The van der Waals surface area contributed by atoms with Crippen LogP contribution in [0.2, 0.25) is 0 Å². The van der Waals surface area contributed by atoms with Crippen molar-refractivity contribution in [3.8, 4) is 0 Å². The number of carbonyl (C=O) groups excluding carboxylic acids is 1. The Morgan fingerprint density at radius 3 is 3.09 bits per heavy atom. The second-order valence-electron chi connectivity index (χ2n) is 6.56. The zero-order valence-corrected chi connectivity index (χ0v) is 13.7. The molecule has 0 unspecified atom stereocenters. The molecule has 22 heavy (non-hydrogen) atoms. The second kappa shape index (κ2) is 5.58.